The molecule has 0 aromatic heterocycles. The molecular formula is C16H11F3S. The molecular weight excluding hydrogens is 281 g/mol. The van der Waals surface area contributed by atoms with Crippen LogP contribution in [0.3, 0.4) is 0 Å². The lowest BCUT2D eigenvalue weighted by atomic mass is 10.1. The summed E-state index contributed by atoms with van der Waals surface area (Å²) in [6.07, 6.45) is 3.01. The molecule has 0 unspecified atom stereocenters. The van der Waals surface area contributed by atoms with Gasteiger partial charge in [0.25, 0.3) is 0 Å². The summed E-state index contributed by atoms with van der Waals surface area (Å²) in [5, 5.41) is 0. The van der Waals surface area contributed by atoms with Crippen molar-refractivity contribution >= 4 is 23.2 Å². The zero-order chi connectivity index (χ0) is 14.7. The summed E-state index contributed by atoms with van der Waals surface area (Å²) in [5.41, 5.74) is 2.17. The quantitative estimate of drug-likeness (QED) is 0.337. The molecule has 0 bridgehead atoms. The Morgan fingerprint density at radius 3 is 2.10 bits per heavy atom. The summed E-state index contributed by atoms with van der Waals surface area (Å²) < 4.78 is 38.9. The first-order chi connectivity index (χ1) is 9.47. The lowest BCUT2D eigenvalue weighted by Gasteiger charge is -2.00. The van der Waals surface area contributed by atoms with Crippen molar-refractivity contribution in [3.05, 3.63) is 76.6 Å². The van der Waals surface area contributed by atoms with Crippen molar-refractivity contribution in [2.75, 3.05) is 0 Å². The second-order valence-electron chi connectivity index (χ2n) is 4.36. The van der Waals surface area contributed by atoms with Gasteiger partial charge in [-0.15, -0.1) is 0 Å². The maximum atomic E-state index is 13.1. The van der Waals surface area contributed by atoms with Crippen LogP contribution in [-0.4, -0.2) is 4.86 Å². The van der Waals surface area contributed by atoms with Gasteiger partial charge in [-0.1, -0.05) is 48.1 Å². The molecule has 0 aliphatic rings. The summed E-state index contributed by atoms with van der Waals surface area (Å²) in [6.45, 7) is 1.97. The second-order valence-corrected chi connectivity index (χ2v) is 4.80. The topological polar surface area (TPSA) is 0 Å². The van der Waals surface area contributed by atoms with Gasteiger partial charge in [0, 0.05) is 4.86 Å². The number of hydrogen-bond acceptors (Lipinski definition) is 1. The second kappa shape index (κ2) is 6.01. The third kappa shape index (κ3) is 3.33. The summed E-state index contributed by atoms with van der Waals surface area (Å²) in [4.78, 5) is 0.537. The minimum absolute atomic E-state index is 0.218. The largest absolute Gasteiger partial charge is 0.204 e. The van der Waals surface area contributed by atoms with E-state index in [9.17, 15) is 13.2 Å². The molecule has 0 atom stereocenters. The van der Waals surface area contributed by atoms with E-state index in [-0.39, 0.29) is 5.56 Å². The third-order valence-corrected chi connectivity index (χ3v) is 3.14. The maximum absolute atomic E-state index is 13.1. The number of rotatable bonds is 3. The summed E-state index contributed by atoms with van der Waals surface area (Å²) in [7, 11) is 0. The molecule has 0 spiro atoms. The van der Waals surface area contributed by atoms with Gasteiger partial charge >= 0.3 is 0 Å². The Balaban J connectivity index is 2.21. The number of allylic oxidation sites excluding steroid dienone is 1. The van der Waals surface area contributed by atoms with E-state index in [1.165, 1.54) is 6.08 Å². The molecule has 0 N–H and O–H groups in total. The highest BCUT2D eigenvalue weighted by molar-refractivity contribution is 7.81. The fourth-order valence-corrected chi connectivity index (χ4v) is 1.86. The fraction of sp³-hybridized carbons (Fsp3) is 0.0625. The molecule has 0 saturated heterocycles. The fourth-order valence-electron chi connectivity index (χ4n) is 1.66. The maximum Gasteiger partial charge on any atom is 0.194 e. The summed E-state index contributed by atoms with van der Waals surface area (Å²) in [6, 6.07) is 9.43. The molecule has 0 heterocycles. The van der Waals surface area contributed by atoms with Crippen LogP contribution in [-0.2, 0) is 0 Å². The van der Waals surface area contributed by atoms with Gasteiger partial charge < -0.3 is 0 Å². The van der Waals surface area contributed by atoms with Gasteiger partial charge in [0.05, 0.1) is 0 Å². The highest BCUT2D eigenvalue weighted by atomic mass is 32.1. The molecule has 0 saturated carbocycles. The molecule has 2 aromatic rings. The van der Waals surface area contributed by atoms with Crippen LogP contribution in [0.15, 0.2) is 42.5 Å². The van der Waals surface area contributed by atoms with E-state index in [0.29, 0.717) is 4.86 Å². The van der Waals surface area contributed by atoms with E-state index < -0.39 is 17.5 Å². The number of thiocarbonyl (C=S) groups is 1. The van der Waals surface area contributed by atoms with Gasteiger partial charge in [0.15, 0.2) is 17.5 Å². The van der Waals surface area contributed by atoms with E-state index in [1.807, 2.05) is 31.2 Å². The predicted molar refractivity (Wildman–Crippen MR) is 78.2 cm³/mol. The predicted octanol–water partition coefficient (Wildman–Crippen LogP) is 4.84. The van der Waals surface area contributed by atoms with Crippen LogP contribution in [0.1, 0.15) is 16.7 Å². The number of benzene rings is 2. The van der Waals surface area contributed by atoms with E-state index in [2.05, 4.69) is 0 Å². The van der Waals surface area contributed by atoms with E-state index in [1.54, 1.807) is 6.08 Å². The van der Waals surface area contributed by atoms with Crippen molar-refractivity contribution in [3.8, 4) is 0 Å². The Morgan fingerprint density at radius 2 is 1.55 bits per heavy atom. The first kappa shape index (κ1) is 14.5. The monoisotopic (exact) mass is 292 g/mol. The molecule has 2 aromatic carbocycles. The summed E-state index contributed by atoms with van der Waals surface area (Å²) >= 11 is 5.21. The van der Waals surface area contributed by atoms with Crippen LogP contribution in [0, 0.1) is 24.4 Å². The number of aryl methyl sites for hydroxylation is 1. The van der Waals surface area contributed by atoms with Gasteiger partial charge in [-0.25, -0.2) is 13.2 Å². The molecule has 0 aliphatic heterocycles. The molecule has 0 nitrogen and oxygen atoms in total. The average Bonchev–Trinajstić information content (AvgIpc) is 2.42. The zero-order valence-electron chi connectivity index (χ0n) is 10.7. The molecule has 4 heteroatoms. The lowest BCUT2D eigenvalue weighted by Crippen LogP contribution is -1.94. The first-order valence-corrected chi connectivity index (χ1v) is 6.32. The molecule has 0 aliphatic carbocycles. The van der Waals surface area contributed by atoms with Crippen LogP contribution in [0.2, 0.25) is 0 Å². The third-order valence-electron chi connectivity index (χ3n) is 2.77. The van der Waals surface area contributed by atoms with E-state index >= 15 is 0 Å². The van der Waals surface area contributed by atoms with Gasteiger partial charge in [-0.3, -0.25) is 0 Å². The van der Waals surface area contributed by atoms with Crippen LogP contribution < -0.4 is 0 Å². The van der Waals surface area contributed by atoms with E-state index in [0.717, 1.165) is 23.3 Å². The average molecular weight is 292 g/mol. The first-order valence-electron chi connectivity index (χ1n) is 5.91. The highest BCUT2D eigenvalue weighted by Crippen LogP contribution is 2.15. The number of halogens is 3. The van der Waals surface area contributed by atoms with Crippen molar-refractivity contribution < 1.29 is 13.2 Å². The SMILES string of the molecule is Cc1ccc(C(=S)C=Cc2cc(F)c(F)c(F)c2)cc1. The molecule has 20 heavy (non-hydrogen) atoms. The van der Waals surface area contributed by atoms with Crippen LogP contribution in [0.4, 0.5) is 13.2 Å². The van der Waals surface area contributed by atoms with Gasteiger partial charge in [-0.2, -0.15) is 0 Å². The molecule has 0 radical (unpaired) electrons. The molecule has 102 valence electrons. The van der Waals surface area contributed by atoms with Gasteiger partial charge in [0.1, 0.15) is 0 Å². The highest BCUT2D eigenvalue weighted by Gasteiger charge is 2.09. The van der Waals surface area contributed by atoms with Crippen LogP contribution in [0.25, 0.3) is 6.08 Å². The van der Waals surface area contributed by atoms with Crippen molar-refractivity contribution in [3.63, 3.8) is 0 Å². The van der Waals surface area contributed by atoms with Crippen molar-refractivity contribution in [1.29, 1.82) is 0 Å². The Hall–Kier alpha value is -1.94. The van der Waals surface area contributed by atoms with Crippen LogP contribution >= 0.6 is 12.2 Å². The normalized spacial score (nSPS) is 11.0. The van der Waals surface area contributed by atoms with Crippen molar-refractivity contribution in [2.45, 2.75) is 6.92 Å². The lowest BCUT2D eigenvalue weighted by molar-refractivity contribution is 0.447. The van der Waals surface area contributed by atoms with Crippen molar-refractivity contribution in [2.24, 2.45) is 0 Å². The molecule has 0 amide bonds. The van der Waals surface area contributed by atoms with Gasteiger partial charge in [0.2, 0.25) is 0 Å². The summed E-state index contributed by atoms with van der Waals surface area (Å²) in [5.74, 6) is -3.90. The van der Waals surface area contributed by atoms with Crippen molar-refractivity contribution in [1.82, 2.24) is 0 Å². The molecule has 0 fully saturated rings. The Morgan fingerprint density at radius 1 is 1.00 bits per heavy atom. The zero-order valence-corrected chi connectivity index (χ0v) is 11.5. The minimum atomic E-state index is -1.47. The minimum Gasteiger partial charge on any atom is -0.204 e. The van der Waals surface area contributed by atoms with Crippen LogP contribution in [0.5, 0.6) is 0 Å². The van der Waals surface area contributed by atoms with E-state index in [4.69, 9.17) is 12.2 Å². The Kier molecular flexibility index (Phi) is 4.35. The Bertz CT molecular complexity index is 650. The number of hydrogen-bond donors (Lipinski definition) is 0. The molecule has 2 rings (SSSR count). The Labute approximate surface area is 120 Å². The van der Waals surface area contributed by atoms with Gasteiger partial charge in [-0.05, 0) is 36.3 Å². The standard InChI is InChI=1S/C16H11F3S/c1-10-2-5-12(6-3-10)15(20)7-4-11-8-13(17)16(19)14(18)9-11/h2-9H,1H3. The smallest absolute Gasteiger partial charge is 0.194 e.